The molecule has 0 bridgehead atoms. The van der Waals surface area contributed by atoms with Crippen LogP contribution in [-0.4, -0.2) is 41.0 Å². The fraction of sp³-hybridized carbons (Fsp3) is 0.389. The molecule has 1 heterocycles. The molecule has 1 aromatic carbocycles. The van der Waals surface area contributed by atoms with Crippen LogP contribution >= 0.6 is 0 Å². The van der Waals surface area contributed by atoms with Crippen molar-refractivity contribution in [3.8, 4) is 11.5 Å². The maximum atomic E-state index is 12.4. The summed E-state index contributed by atoms with van der Waals surface area (Å²) in [6, 6.07) is 6.22. The zero-order valence-corrected chi connectivity index (χ0v) is 15.3. The van der Waals surface area contributed by atoms with Crippen LogP contribution in [0.25, 0.3) is 0 Å². The first-order valence-corrected chi connectivity index (χ1v) is 8.08. The Morgan fingerprint density at radius 2 is 1.88 bits per heavy atom. The molecule has 0 aliphatic rings. The standard InChI is InChI=1S/C18H23N3O5/c1-11-7-12(2)21(20-11)10-17(22)19-14(9-18(23)24)13-5-6-15(25-3)16(8-13)26-4/h5-8,14H,9-10H2,1-4H3,(H,19,22)(H,23,24). The second-order valence-corrected chi connectivity index (χ2v) is 5.92. The molecule has 0 aliphatic carbocycles. The molecular formula is C18H23N3O5. The SMILES string of the molecule is COc1ccc(C(CC(=O)O)NC(=O)Cn2nc(C)cc2C)cc1OC. The minimum atomic E-state index is -1.02. The van der Waals surface area contributed by atoms with E-state index < -0.39 is 12.0 Å². The Bertz CT molecular complexity index is 800. The molecule has 2 rings (SSSR count). The van der Waals surface area contributed by atoms with E-state index in [2.05, 4.69) is 10.4 Å². The third kappa shape index (κ3) is 4.75. The molecule has 0 saturated carbocycles. The molecular weight excluding hydrogens is 338 g/mol. The molecule has 2 aromatic rings. The average Bonchev–Trinajstić information content (AvgIpc) is 2.90. The lowest BCUT2D eigenvalue weighted by Crippen LogP contribution is -2.33. The first-order valence-electron chi connectivity index (χ1n) is 8.08. The van der Waals surface area contributed by atoms with Crippen molar-refractivity contribution >= 4 is 11.9 Å². The first kappa shape index (κ1) is 19.3. The van der Waals surface area contributed by atoms with Gasteiger partial charge in [0.05, 0.1) is 32.4 Å². The second kappa shape index (κ2) is 8.37. The van der Waals surface area contributed by atoms with E-state index in [0.29, 0.717) is 17.1 Å². The highest BCUT2D eigenvalue weighted by Crippen LogP contribution is 2.31. The van der Waals surface area contributed by atoms with Crippen LogP contribution in [-0.2, 0) is 16.1 Å². The molecule has 0 fully saturated rings. The van der Waals surface area contributed by atoms with Crippen molar-refractivity contribution in [2.45, 2.75) is 32.9 Å². The molecule has 2 N–H and O–H groups in total. The van der Waals surface area contributed by atoms with E-state index in [1.807, 2.05) is 19.9 Å². The van der Waals surface area contributed by atoms with E-state index >= 15 is 0 Å². The third-order valence-electron chi connectivity index (χ3n) is 3.92. The Morgan fingerprint density at radius 1 is 1.19 bits per heavy atom. The van der Waals surface area contributed by atoms with Gasteiger partial charge in [0.2, 0.25) is 5.91 Å². The summed E-state index contributed by atoms with van der Waals surface area (Å²) in [6.45, 7) is 3.72. The van der Waals surface area contributed by atoms with Gasteiger partial charge in [0.1, 0.15) is 6.54 Å². The highest BCUT2D eigenvalue weighted by molar-refractivity contribution is 5.77. The van der Waals surface area contributed by atoms with E-state index in [4.69, 9.17) is 9.47 Å². The number of ether oxygens (including phenoxy) is 2. The third-order valence-corrected chi connectivity index (χ3v) is 3.92. The number of hydrogen-bond donors (Lipinski definition) is 2. The molecule has 8 nitrogen and oxygen atoms in total. The number of nitrogens with zero attached hydrogens (tertiary/aromatic N) is 2. The number of aliphatic carboxylic acids is 1. The van der Waals surface area contributed by atoms with Gasteiger partial charge in [0, 0.05) is 5.69 Å². The predicted molar refractivity (Wildman–Crippen MR) is 94.4 cm³/mol. The largest absolute Gasteiger partial charge is 0.493 e. The smallest absolute Gasteiger partial charge is 0.305 e. The molecule has 0 aliphatic heterocycles. The van der Waals surface area contributed by atoms with Crippen LogP contribution < -0.4 is 14.8 Å². The zero-order valence-electron chi connectivity index (χ0n) is 15.3. The minimum absolute atomic E-state index is 0.0169. The summed E-state index contributed by atoms with van der Waals surface area (Å²) in [7, 11) is 3.01. The van der Waals surface area contributed by atoms with Crippen molar-refractivity contribution in [1.82, 2.24) is 15.1 Å². The van der Waals surface area contributed by atoms with Crippen LogP contribution in [0.2, 0.25) is 0 Å². The van der Waals surface area contributed by atoms with Crippen molar-refractivity contribution in [3.63, 3.8) is 0 Å². The normalized spacial score (nSPS) is 11.7. The molecule has 1 atom stereocenters. The number of rotatable bonds is 8. The molecule has 1 amide bonds. The van der Waals surface area contributed by atoms with Crippen molar-refractivity contribution in [3.05, 3.63) is 41.2 Å². The Morgan fingerprint density at radius 3 is 2.42 bits per heavy atom. The highest BCUT2D eigenvalue weighted by atomic mass is 16.5. The van der Waals surface area contributed by atoms with Crippen LogP contribution in [0.3, 0.4) is 0 Å². The zero-order chi connectivity index (χ0) is 19.3. The van der Waals surface area contributed by atoms with Gasteiger partial charge in [-0.3, -0.25) is 14.3 Å². The van der Waals surface area contributed by atoms with Crippen LogP contribution in [0, 0.1) is 13.8 Å². The number of carboxylic acid groups (broad SMARTS) is 1. The summed E-state index contributed by atoms with van der Waals surface area (Å²) < 4.78 is 12.0. The number of carbonyl (C=O) groups is 2. The molecule has 8 heteroatoms. The number of hydrogen-bond acceptors (Lipinski definition) is 5. The summed E-state index contributed by atoms with van der Waals surface area (Å²) >= 11 is 0. The van der Waals surface area contributed by atoms with Crippen molar-refractivity contribution in [1.29, 1.82) is 0 Å². The Hall–Kier alpha value is -3.03. The quantitative estimate of drug-likeness (QED) is 0.744. The summed E-state index contributed by atoms with van der Waals surface area (Å²) in [5, 5.41) is 16.2. The van der Waals surface area contributed by atoms with Gasteiger partial charge in [-0.1, -0.05) is 6.07 Å². The number of aromatic nitrogens is 2. The number of nitrogens with one attached hydrogen (secondary N) is 1. The lowest BCUT2D eigenvalue weighted by atomic mass is 10.0. The Labute approximate surface area is 151 Å². The van der Waals surface area contributed by atoms with Crippen LogP contribution in [0.4, 0.5) is 0 Å². The minimum Gasteiger partial charge on any atom is -0.493 e. The van der Waals surface area contributed by atoms with E-state index in [1.54, 1.807) is 22.9 Å². The highest BCUT2D eigenvalue weighted by Gasteiger charge is 2.20. The van der Waals surface area contributed by atoms with Crippen LogP contribution in [0.5, 0.6) is 11.5 Å². The summed E-state index contributed by atoms with van der Waals surface area (Å²) in [4.78, 5) is 23.6. The molecule has 0 radical (unpaired) electrons. The fourth-order valence-corrected chi connectivity index (χ4v) is 2.71. The second-order valence-electron chi connectivity index (χ2n) is 5.92. The summed E-state index contributed by atoms with van der Waals surface area (Å²) in [5.41, 5.74) is 2.29. The number of amides is 1. The summed E-state index contributed by atoms with van der Waals surface area (Å²) in [6.07, 6.45) is -0.252. The number of carbonyl (C=O) groups excluding carboxylic acids is 1. The Balaban J connectivity index is 2.20. The molecule has 0 spiro atoms. The van der Waals surface area contributed by atoms with Crippen molar-refractivity contribution in [2.75, 3.05) is 14.2 Å². The molecule has 26 heavy (non-hydrogen) atoms. The van der Waals surface area contributed by atoms with Gasteiger partial charge in [-0.2, -0.15) is 5.10 Å². The van der Waals surface area contributed by atoms with Gasteiger partial charge in [-0.15, -0.1) is 0 Å². The average molecular weight is 361 g/mol. The number of carboxylic acids is 1. The van der Waals surface area contributed by atoms with Gasteiger partial charge >= 0.3 is 5.97 Å². The predicted octanol–water partition coefficient (Wildman–Crippen LogP) is 1.85. The molecule has 1 unspecified atom stereocenters. The fourth-order valence-electron chi connectivity index (χ4n) is 2.71. The molecule has 1 aromatic heterocycles. The van der Waals surface area contributed by atoms with Crippen LogP contribution in [0.1, 0.15) is 29.4 Å². The van der Waals surface area contributed by atoms with E-state index in [-0.39, 0.29) is 18.9 Å². The monoisotopic (exact) mass is 361 g/mol. The Kier molecular flexibility index (Phi) is 6.21. The van der Waals surface area contributed by atoms with Gasteiger partial charge < -0.3 is 19.9 Å². The lowest BCUT2D eigenvalue weighted by Gasteiger charge is -2.19. The number of methoxy groups -OCH3 is 2. The van der Waals surface area contributed by atoms with Gasteiger partial charge in [-0.25, -0.2) is 0 Å². The van der Waals surface area contributed by atoms with Crippen molar-refractivity contribution in [2.24, 2.45) is 0 Å². The first-order chi connectivity index (χ1) is 12.3. The molecule has 0 saturated heterocycles. The van der Waals surface area contributed by atoms with Crippen molar-refractivity contribution < 1.29 is 24.2 Å². The van der Waals surface area contributed by atoms with E-state index in [0.717, 1.165) is 11.4 Å². The molecule has 140 valence electrons. The van der Waals surface area contributed by atoms with Crippen LogP contribution in [0.15, 0.2) is 24.3 Å². The maximum absolute atomic E-state index is 12.4. The number of aryl methyl sites for hydroxylation is 2. The van der Waals surface area contributed by atoms with Gasteiger partial charge in [0.25, 0.3) is 0 Å². The summed E-state index contributed by atoms with van der Waals surface area (Å²) in [5.74, 6) is -0.346. The maximum Gasteiger partial charge on any atom is 0.305 e. The van der Waals surface area contributed by atoms with Gasteiger partial charge in [-0.05, 0) is 37.6 Å². The van der Waals surface area contributed by atoms with Gasteiger partial charge in [0.15, 0.2) is 11.5 Å². The van der Waals surface area contributed by atoms with E-state index in [9.17, 15) is 14.7 Å². The van der Waals surface area contributed by atoms with E-state index in [1.165, 1.54) is 14.2 Å². The number of benzene rings is 1. The topological polar surface area (TPSA) is 103 Å². The lowest BCUT2D eigenvalue weighted by molar-refractivity contribution is -0.137.